The van der Waals surface area contributed by atoms with Crippen LogP contribution in [-0.4, -0.2) is 18.8 Å². The molecule has 1 N–H and O–H groups in total. The average Bonchev–Trinajstić information content (AvgIpc) is 2.14. The molecule has 7 heavy (non-hydrogen) atoms. The standard InChI is InChI=1S/C5H9NS/c1-6-5-2-3-7-4-5/h2-3,5-6H,4H2,1H3. The second-order valence-electron chi connectivity index (χ2n) is 1.56. The highest BCUT2D eigenvalue weighted by molar-refractivity contribution is 8.02. The molecule has 2 heteroatoms. The Morgan fingerprint density at radius 1 is 1.86 bits per heavy atom. The molecule has 0 spiro atoms. The molecule has 0 amide bonds. The summed E-state index contributed by atoms with van der Waals surface area (Å²) in [5.41, 5.74) is 0. The van der Waals surface area contributed by atoms with Gasteiger partial charge in [-0.3, -0.25) is 0 Å². The Labute approximate surface area is 48.2 Å². The molecule has 0 fully saturated rings. The van der Waals surface area contributed by atoms with Crippen molar-refractivity contribution >= 4 is 11.8 Å². The lowest BCUT2D eigenvalue weighted by atomic mass is 10.3. The van der Waals surface area contributed by atoms with E-state index in [0.717, 1.165) is 0 Å². The highest BCUT2D eigenvalue weighted by Gasteiger charge is 2.03. The van der Waals surface area contributed by atoms with Crippen molar-refractivity contribution < 1.29 is 0 Å². The number of thioether (sulfide) groups is 1. The molecule has 1 aliphatic heterocycles. The summed E-state index contributed by atoms with van der Waals surface area (Å²) in [5.74, 6) is 1.20. The van der Waals surface area contributed by atoms with E-state index in [1.54, 1.807) is 0 Å². The van der Waals surface area contributed by atoms with Gasteiger partial charge < -0.3 is 5.32 Å². The van der Waals surface area contributed by atoms with E-state index in [1.165, 1.54) is 5.75 Å². The Bertz CT molecular complexity index is 80.1. The van der Waals surface area contributed by atoms with Gasteiger partial charge in [-0.1, -0.05) is 6.08 Å². The molecular weight excluding hydrogens is 106 g/mol. The van der Waals surface area contributed by atoms with Gasteiger partial charge in [-0.2, -0.15) is 0 Å². The minimum Gasteiger partial charge on any atom is -0.313 e. The van der Waals surface area contributed by atoms with Crippen LogP contribution in [0.5, 0.6) is 0 Å². The lowest BCUT2D eigenvalue weighted by Crippen LogP contribution is -2.22. The van der Waals surface area contributed by atoms with Crippen LogP contribution in [0.1, 0.15) is 0 Å². The molecule has 0 aromatic rings. The molecule has 0 saturated heterocycles. The third kappa shape index (κ3) is 1.21. The van der Waals surface area contributed by atoms with Crippen molar-refractivity contribution in [2.75, 3.05) is 12.8 Å². The zero-order valence-electron chi connectivity index (χ0n) is 4.35. The quantitative estimate of drug-likeness (QED) is 0.543. The normalized spacial score (nSPS) is 29.0. The van der Waals surface area contributed by atoms with Gasteiger partial charge in [0.2, 0.25) is 0 Å². The molecule has 1 nitrogen and oxygen atoms in total. The third-order valence-electron chi connectivity index (χ3n) is 1.05. The fraction of sp³-hybridized carbons (Fsp3) is 0.600. The minimum atomic E-state index is 0.630. The summed E-state index contributed by atoms with van der Waals surface area (Å²) in [4.78, 5) is 0. The van der Waals surface area contributed by atoms with Crippen LogP contribution in [0, 0.1) is 0 Å². The Hall–Kier alpha value is 0.0500. The summed E-state index contributed by atoms with van der Waals surface area (Å²) in [7, 11) is 1.99. The second kappa shape index (κ2) is 2.38. The summed E-state index contributed by atoms with van der Waals surface area (Å²) < 4.78 is 0. The molecule has 40 valence electrons. The number of rotatable bonds is 1. The van der Waals surface area contributed by atoms with Crippen LogP contribution in [-0.2, 0) is 0 Å². The van der Waals surface area contributed by atoms with Gasteiger partial charge in [-0.25, -0.2) is 0 Å². The Morgan fingerprint density at radius 3 is 3.00 bits per heavy atom. The van der Waals surface area contributed by atoms with Crippen molar-refractivity contribution in [2.24, 2.45) is 0 Å². The van der Waals surface area contributed by atoms with Gasteiger partial charge >= 0.3 is 0 Å². The van der Waals surface area contributed by atoms with E-state index in [-0.39, 0.29) is 0 Å². The summed E-state index contributed by atoms with van der Waals surface area (Å²) in [6, 6.07) is 0.630. The fourth-order valence-electron chi connectivity index (χ4n) is 0.545. The lowest BCUT2D eigenvalue weighted by Gasteiger charge is -2.00. The molecule has 0 aromatic heterocycles. The Morgan fingerprint density at radius 2 is 2.71 bits per heavy atom. The highest BCUT2D eigenvalue weighted by Crippen LogP contribution is 2.12. The summed E-state index contributed by atoms with van der Waals surface area (Å²) in [6.07, 6.45) is 2.19. The second-order valence-corrected chi connectivity index (χ2v) is 2.50. The Balaban J connectivity index is 2.28. The first-order chi connectivity index (χ1) is 3.43. The van der Waals surface area contributed by atoms with Crippen LogP contribution >= 0.6 is 11.8 Å². The lowest BCUT2D eigenvalue weighted by molar-refractivity contribution is 0.746. The zero-order valence-corrected chi connectivity index (χ0v) is 5.16. The first-order valence-electron chi connectivity index (χ1n) is 2.39. The van der Waals surface area contributed by atoms with Crippen molar-refractivity contribution in [3.05, 3.63) is 11.5 Å². The van der Waals surface area contributed by atoms with Crippen LogP contribution in [0.15, 0.2) is 11.5 Å². The molecule has 1 heterocycles. The van der Waals surface area contributed by atoms with Gasteiger partial charge in [0.1, 0.15) is 0 Å². The minimum absolute atomic E-state index is 0.630. The fourth-order valence-corrected chi connectivity index (χ4v) is 1.44. The maximum atomic E-state index is 3.16. The molecule has 1 unspecified atom stereocenters. The van der Waals surface area contributed by atoms with Gasteiger partial charge in [0, 0.05) is 11.8 Å². The molecule has 0 aromatic carbocycles. The molecule has 0 aliphatic carbocycles. The van der Waals surface area contributed by atoms with Crippen LogP contribution < -0.4 is 5.32 Å². The van der Waals surface area contributed by atoms with Crippen molar-refractivity contribution in [2.45, 2.75) is 6.04 Å². The van der Waals surface area contributed by atoms with E-state index in [1.807, 2.05) is 18.8 Å². The maximum absolute atomic E-state index is 3.16. The molecule has 0 saturated carbocycles. The number of hydrogen-bond donors (Lipinski definition) is 1. The van der Waals surface area contributed by atoms with E-state index < -0.39 is 0 Å². The zero-order chi connectivity index (χ0) is 5.11. The van der Waals surface area contributed by atoms with Crippen molar-refractivity contribution in [1.82, 2.24) is 5.32 Å². The average molecular weight is 115 g/mol. The smallest absolute Gasteiger partial charge is 0.0349 e. The predicted molar refractivity (Wildman–Crippen MR) is 34.4 cm³/mol. The molecule has 0 radical (unpaired) electrons. The van der Waals surface area contributed by atoms with Gasteiger partial charge in [-0.05, 0) is 12.5 Å². The van der Waals surface area contributed by atoms with E-state index in [4.69, 9.17) is 0 Å². The number of nitrogens with one attached hydrogen (secondary N) is 1. The maximum Gasteiger partial charge on any atom is 0.0349 e. The van der Waals surface area contributed by atoms with Crippen molar-refractivity contribution in [3.63, 3.8) is 0 Å². The van der Waals surface area contributed by atoms with Crippen LogP contribution in [0.2, 0.25) is 0 Å². The highest BCUT2D eigenvalue weighted by atomic mass is 32.2. The van der Waals surface area contributed by atoms with Crippen molar-refractivity contribution in [1.29, 1.82) is 0 Å². The van der Waals surface area contributed by atoms with Gasteiger partial charge in [0.05, 0.1) is 0 Å². The Kier molecular flexibility index (Phi) is 1.77. The van der Waals surface area contributed by atoms with Gasteiger partial charge in [0.15, 0.2) is 0 Å². The largest absolute Gasteiger partial charge is 0.313 e. The topological polar surface area (TPSA) is 12.0 Å². The molecule has 1 atom stereocenters. The summed E-state index contributed by atoms with van der Waals surface area (Å²) in [5, 5.41) is 5.30. The van der Waals surface area contributed by atoms with Gasteiger partial charge in [0.25, 0.3) is 0 Å². The van der Waals surface area contributed by atoms with E-state index in [2.05, 4.69) is 16.8 Å². The van der Waals surface area contributed by atoms with Crippen molar-refractivity contribution in [3.8, 4) is 0 Å². The molecular formula is C5H9NS. The van der Waals surface area contributed by atoms with Crippen LogP contribution in [0.25, 0.3) is 0 Å². The van der Waals surface area contributed by atoms with E-state index in [9.17, 15) is 0 Å². The summed E-state index contributed by atoms with van der Waals surface area (Å²) in [6.45, 7) is 0. The molecule has 1 rings (SSSR count). The molecule has 0 bridgehead atoms. The van der Waals surface area contributed by atoms with Crippen LogP contribution in [0.4, 0.5) is 0 Å². The van der Waals surface area contributed by atoms with E-state index in [0.29, 0.717) is 6.04 Å². The van der Waals surface area contributed by atoms with E-state index >= 15 is 0 Å². The SMILES string of the molecule is CNC1C=CSC1. The number of likely N-dealkylation sites (N-methyl/N-ethyl adjacent to an activating group) is 1. The monoisotopic (exact) mass is 115 g/mol. The first-order valence-corrected chi connectivity index (χ1v) is 3.44. The van der Waals surface area contributed by atoms with Crippen LogP contribution in [0.3, 0.4) is 0 Å². The molecule has 1 aliphatic rings. The summed E-state index contributed by atoms with van der Waals surface area (Å²) >= 11 is 1.86. The first kappa shape index (κ1) is 5.19. The van der Waals surface area contributed by atoms with Gasteiger partial charge in [-0.15, -0.1) is 11.8 Å². The predicted octanol–water partition coefficient (Wildman–Crippen LogP) is 0.835. The third-order valence-corrected chi connectivity index (χ3v) is 1.95. The number of hydrogen-bond acceptors (Lipinski definition) is 2.